The number of imide groups is 1. The van der Waals surface area contributed by atoms with Gasteiger partial charge in [0, 0.05) is 18.8 Å². The molecule has 0 aromatic carbocycles. The van der Waals surface area contributed by atoms with Gasteiger partial charge in [-0.25, -0.2) is 4.79 Å². The van der Waals surface area contributed by atoms with E-state index in [4.69, 9.17) is 0 Å². The number of alkyl halides is 1. The Morgan fingerprint density at radius 2 is 2.10 bits per heavy atom. The minimum atomic E-state index is -0.467. The summed E-state index contributed by atoms with van der Waals surface area (Å²) in [6.45, 7) is 0. The zero-order valence-corrected chi connectivity index (χ0v) is 7.19. The lowest BCUT2D eigenvalue weighted by molar-refractivity contribution is -0.119. The van der Waals surface area contributed by atoms with Gasteiger partial charge >= 0.3 is 6.03 Å². The summed E-state index contributed by atoms with van der Waals surface area (Å²) in [5.41, 5.74) is 0. The highest BCUT2D eigenvalue weighted by atomic mass is 79.9. The molecule has 0 aliphatic carbocycles. The molecule has 0 saturated carbocycles. The van der Waals surface area contributed by atoms with Crippen molar-refractivity contribution in [3.63, 3.8) is 0 Å². The van der Waals surface area contributed by atoms with Gasteiger partial charge in [-0.1, -0.05) is 15.9 Å². The largest absolute Gasteiger partial charge is 0.341 e. The zero-order valence-electron chi connectivity index (χ0n) is 5.61. The Labute approximate surface area is 67.5 Å². The summed E-state index contributed by atoms with van der Waals surface area (Å²) in [5.74, 6) is -0.281. The molecule has 0 heterocycles. The first-order valence-corrected chi connectivity index (χ1v) is 3.90. The van der Waals surface area contributed by atoms with Crippen molar-refractivity contribution in [2.24, 2.45) is 0 Å². The van der Waals surface area contributed by atoms with E-state index in [2.05, 4.69) is 26.6 Å². The molecule has 0 spiro atoms. The fourth-order valence-corrected chi connectivity index (χ4v) is 0.698. The molecular formula is C5H9BrN2O2. The van der Waals surface area contributed by atoms with Crippen LogP contribution in [0.25, 0.3) is 0 Å². The molecule has 0 atom stereocenters. The van der Waals surface area contributed by atoms with Crippen molar-refractivity contribution >= 4 is 27.9 Å². The molecule has 0 aromatic rings. The van der Waals surface area contributed by atoms with Gasteiger partial charge in [0.1, 0.15) is 0 Å². The average Bonchev–Trinajstić information content (AvgIpc) is 1.88. The number of carbonyl (C=O) groups is 2. The monoisotopic (exact) mass is 208 g/mol. The number of urea groups is 1. The predicted molar refractivity (Wildman–Crippen MR) is 41.0 cm³/mol. The Bertz CT molecular complexity index is 138. The molecule has 10 heavy (non-hydrogen) atoms. The molecule has 4 nitrogen and oxygen atoms in total. The lowest BCUT2D eigenvalue weighted by Gasteiger charge is -1.99. The Morgan fingerprint density at radius 3 is 2.50 bits per heavy atom. The third kappa shape index (κ3) is 4.31. The average molecular weight is 209 g/mol. The van der Waals surface area contributed by atoms with Crippen LogP contribution in [0.4, 0.5) is 4.79 Å². The van der Waals surface area contributed by atoms with Gasteiger partial charge in [0.15, 0.2) is 0 Å². The molecule has 0 saturated heterocycles. The van der Waals surface area contributed by atoms with Crippen LogP contribution in [0.2, 0.25) is 0 Å². The molecule has 3 amide bonds. The molecule has 58 valence electrons. The fourth-order valence-electron chi connectivity index (χ4n) is 0.337. The van der Waals surface area contributed by atoms with Crippen LogP contribution in [0.5, 0.6) is 0 Å². The van der Waals surface area contributed by atoms with Crippen molar-refractivity contribution in [3.05, 3.63) is 0 Å². The van der Waals surface area contributed by atoms with E-state index < -0.39 is 6.03 Å². The quantitative estimate of drug-likeness (QED) is 0.639. The van der Waals surface area contributed by atoms with Crippen LogP contribution < -0.4 is 10.6 Å². The number of nitrogens with one attached hydrogen (secondary N) is 2. The van der Waals surface area contributed by atoms with Crippen LogP contribution in [-0.2, 0) is 4.79 Å². The number of carbonyl (C=O) groups excluding carboxylic acids is 2. The topological polar surface area (TPSA) is 58.2 Å². The summed E-state index contributed by atoms with van der Waals surface area (Å²) in [4.78, 5) is 21.0. The van der Waals surface area contributed by atoms with Gasteiger partial charge in [0.2, 0.25) is 5.91 Å². The number of amides is 3. The maximum Gasteiger partial charge on any atom is 0.321 e. The van der Waals surface area contributed by atoms with E-state index in [1.54, 1.807) is 0 Å². The normalized spacial score (nSPS) is 8.60. The highest BCUT2D eigenvalue weighted by molar-refractivity contribution is 9.09. The fraction of sp³-hybridized carbons (Fsp3) is 0.600. The summed E-state index contributed by atoms with van der Waals surface area (Å²) in [6, 6.07) is -0.467. The van der Waals surface area contributed by atoms with E-state index in [9.17, 15) is 9.59 Å². The molecule has 0 aromatic heterocycles. The second kappa shape index (κ2) is 5.22. The van der Waals surface area contributed by atoms with E-state index in [0.29, 0.717) is 11.8 Å². The van der Waals surface area contributed by atoms with Gasteiger partial charge in [-0.3, -0.25) is 10.1 Å². The molecule has 2 N–H and O–H groups in total. The van der Waals surface area contributed by atoms with Crippen LogP contribution in [0, 0.1) is 0 Å². The van der Waals surface area contributed by atoms with Gasteiger partial charge in [0.05, 0.1) is 0 Å². The molecule has 0 aliphatic rings. The Morgan fingerprint density at radius 1 is 1.50 bits per heavy atom. The first-order valence-electron chi connectivity index (χ1n) is 2.78. The van der Waals surface area contributed by atoms with Crippen molar-refractivity contribution in [3.8, 4) is 0 Å². The van der Waals surface area contributed by atoms with E-state index in [1.807, 2.05) is 0 Å². The molecular weight excluding hydrogens is 200 g/mol. The number of halogens is 1. The van der Waals surface area contributed by atoms with E-state index in [-0.39, 0.29) is 5.91 Å². The minimum Gasteiger partial charge on any atom is -0.341 e. The predicted octanol–water partition coefficient (Wildman–Crippen LogP) is 0.227. The molecule has 0 radical (unpaired) electrons. The van der Waals surface area contributed by atoms with Gasteiger partial charge in [-0.15, -0.1) is 0 Å². The summed E-state index contributed by atoms with van der Waals surface area (Å²) >= 11 is 3.07. The van der Waals surface area contributed by atoms with E-state index >= 15 is 0 Å². The SMILES string of the molecule is CNC(=O)NC(=O)CCBr. The Balaban J connectivity index is 3.47. The van der Waals surface area contributed by atoms with Gasteiger partial charge < -0.3 is 5.32 Å². The molecule has 0 aliphatic heterocycles. The van der Waals surface area contributed by atoms with Crippen molar-refractivity contribution in [1.82, 2.24) is 10.6 Å². The molecule has 0 unspecified atom stereocenters. The summed E-state index contributed by atoms with van der Waals surface area (Å²) in [5, 5.41) is 4.94. The second-order valence-electron chi connectivity index (χ2n) is 1.57. The minimum absolute atomic E-state index is 0.281. The maximum absolute atomic E-state index is 10.6. The van der Waals surface area contributed by atoms with Crippen LogP contribution in [0.15, 0.2) is 0 Å². The van der Waals surface area contributed by atoms with Crippen molar-refractivity contribution in [1.29, 1.82) is 0 Å². The zero-order chi connectivity index (χ0) is 7.98. The van der Waals surface area contributed by atoms with E-state index in [0.717, 1.165) is 0 Å². The van der Waals surface area contributed by atoms with Crippen molar-refractivity contribution in [2.75, 3.05) is 12.4 Å². The van der Waals surface area contributed by atoms with Gasteiger partial charge in [-0.2, -0.15) is 0 Å². The van der Waals surface area contributed by atoms with E-state index in [1.165, 1.54) is 7.05 Å². The van der Waals surface area contributed by atoms with Gasteiger partial charge in [0.25, 0.3) is 0 Å². The third-order valence-corrected chi connectivity index (χ3v) is 1.20. The number of hydrogen-bond acceptors (Lipinski definition) is 2. The highest BCUT2D eigenvalue weighted by Gasteiger charge is 2.02. The number of hydrogen-bond donors (Lipinski definition) is 2. The van der Waals surface area contributed by atoms with Crippen LogP contribution in [0.1, 0.15) is 6.42 Å². The van der Waals surface area contributed by atoms with Crippen molar-refractivity contribution < 1.29 is 9.59 Å². The van der Waals surface area contributed by atoms with Crippen molar-refractivity contribution in [2.45, 2.75) is 6.42 Å². The summed E-state index contributed by atoms with van der Waals surface area (Å²) in [7, 11) is 1.46. The Hall–Kier alpha value is -0.580. The molecule has 5 heteroatoms. The van der Waals surface area contributed by atoms with Crippen LogP contribution in [0.3, 0.4) is 0 Å². The number of rotatable bonds is 2. The Kier molecular flexibility index (Phi) is 4.92. The third-order valence-electron chi connectivity index (χ3n) is 0.802. The second-order valence-corrected chi connectivity index (χ2v) is 2.36. The summed E-state index contributed by atoms with van der Waals surface area (Å²) in [6.07, 6.45) is 0.313. The van der Waals surface area contributed by atoms with Crippen LogP contribution in [-0.4, -0.2) is 24.3 Å². The lowest BCUT2D eigenvalue weighted by Crippen LogP contribution is -2.37. The molecule has 0 rings (SSSR count). The van der Waals surface area contributed by atoms with Gasteiger partial charge in [-0.05, 0) is 0 Å². The highest BCUT2D eigenvalue weighted by Crippen LogP contribution is 1.85. The smallest absolute Gasteiger partial charge is 0.321 e. The summed E-state index contributed by atoms with van der Waals surface area (Å²) < 4.78 is 0. The van der Waals surface area contributed by atoms with Crippen LogP contribution >= 0.6 is 15.9 Å². The maximum atomic E-state index is 10.6. The lowest BCUT2D eigenvalue weighted by atomic mass is 10.5. The molecule has 0 fully saturated rings. The standard InChI is InChI=1S/C5H9BrN2O2/c1-7-5(10)8-4(9)2-3-6/h2-3H2,1H3,(H2,7,8,9,10). The first-order chi connectivity index (χ1) is 4.70. The molecule has 0 bridgehead atoms. The first kappa shape index (κ1) is 9.42.